The van der Waals surface area contributed by atoms with Crippen LogP contribution in [0.2, 0.25) is 0 Å². The minimum Gasteiger partial charge on any atom is -0.507 e. The second kappa shape index (κ2) is 6.89. The second-order valence-corrected chi connectivity index (χ2v) is 7.45. The lowest BCUT2D eigenvalue weighted by atomic mass is 9.83. The molecule has 2 aromatic carbocycles. The number of phenols is 1. The summed E-state index contributed by atoms with van der Waals surface area (Å²) >= 11 is 0. The molecule has 0 heterocycles. The minimum absolute atomic E-state index is 0.00322. The van der Waals surface area contributed by atoms with E-state index in [1.807, 2.05) is 0 Å². The third-order valence-corrected chi connectivity index (χ3v) is 4.87. The van der Waals surface area contributed by atoms with Crippen LogP contribution < -0.4 is 4.74 Å². The van der Waals surface area contributed by atoms with Crippen molar-refractivity contribution in [2.45, 2.75) is 12.8 Å². The Hall–Kier alpha value is -2.71. The number of hydrogen-bond donors (Lipinski definition) is 2. The van der Waals surface area contributed by atoms with Gasteiger partial charge in [-0.05, 0) is 25.0 Å². The molecule has 0 aliphatic heterocycles. The molecule has 8 heteroatoms. The van der Waals surface area contributed by atoms with Gasteiger partial charge >= 0.3 is 0 Å². The fourth-order valence-electron chi connectivity index (χ4n) is 2.87. The maximum atomic E-state index is 12.8. The smallest absolute Gasteiger partial charge is 0.264 e. The van der Waals surface area contributed by atoms with E-state index >= 15 is 0 Å². The number of hydrogen-bond acceptors (Lipinski definition) is 6. The van der Waals surface area contributed by atoms with Crippen LogP contribution in [0, 0.1) is 0 Å². The Bertz CT molecular complexity index is 993. The van der Waals surface area contributed by atoms with Crippen molar-refractivity contribution in [3.63, 3.8) is 0 Å². The molecule has 0 fully saturated rings. The molecular weight excluding hydrogens is 360 g/mol. The van der Waals surface area contributed by atoms with Gasteiger partial charge in [0.05, 0.1) is 23.5 Å². The normalized spacial score (nSPS) is 13.3. The number of unbranched alkanes of at least 4 members (excludes halogenated alkanes) is 1. The van der Waals surface area contributed by atoms with E-state index in [9.17, 15) is 23.1 Å². The molecule has 26 heavy (non-hydrogen) atoms. The molecule has 0 atom stereocenters. The number of carbonyl (C=O) groups excluding carboxylic acids is 2. The summed E-state index contributed by atoms with van der Waals surface area (Å²) in [5, 5.41) is 10.1. The SMILES string of the molecule is O=C1c2ccccc2C(=O)c2c(OCCCCS(=O)(=O)O)ccc(O)c21. The number of aromatic hydroxyl groups is 1. The minimum atomic E-state index is -4.03. The van der Waals surface area contributed by atoms with E-state index in [0.29, 0.717) is 6.42 Å². The van der Waals surface area contributed by atoms with Gasteiger partial charge in [-0.1, -0.05) is 24.3 Å². The zero-order chi connectivity index (χ0) is 18.9. The molecule has 0 unspecified atom stereocenters. The molecule has 0 bridgehead atoms. The molecule has 0 aromatic heterocycles. The van der Waals surface area contributed by atoms with Gasteiger partial charge in [0.15, 0.2) is 11.6 Å². The van der Waals surface area contributed by atoms with Crippen molar-refractivity contribution in [3.8, 4) is 11.5 Å². The van der Waals surface area contributed by atoms with Crippen molar-refractivity contribution in [2.75, 3.05) is 12.4 Å². The van der Waals surface area contributed by atoms with Crippen molar-refractivity contribution >= 4 is 21.7 Å². The van der Waals surface area contributed by atoms with Crippen LogP contribution in [0.4, 0.5) is 0 Å². The maximum absolute atomic E-state index is 12.8. The zero-order valence-corrected chi connectivity index (χ0v) is 14.5. The van der Waals surface area contributed by atoms with Gasteiger partial charge < -0.3 is 9.84 Å². The number of phenolic OH excluding ortho intramolecular Hbond substituents is 1. The van der Waals surface area contributed by atoms with E-state index in [4.69, 9.17) is 9.29 Å². The highest BCUT2D eigenvalue weighted by molar-refractivity contribution is 7.85. The molecule has 0 saturated heterocycles. The van der Waals surface area contributed by atoms with Crippen molar-refractivity contribution in [2.24, 2.45) is 0 Å². The third-order valence-electron chi connectivity index (χ3n) is 4.07. The Balaban J connectivity index is 1.86. The molecule has 0 amide bonds. The molecule has 0 radical (unpaired) electrons. The summed E-state index contributed by atoms with van der Waals surface area (Å²) in [6.45, 7) is 0.0931. The molecular formula is C18H16O7S. The first kappa shape index (κ1) is 18.1. The molecule has 1 aliphatic rings. The van der Waals surface area contributed by atoms with Crippen molar-refractivity contribution in [1.29, 1.82) is 0 Å². The number of fused-ring (bicyclic) bond motifs is 2. The van der Waals surface area contributed by atoms with E-state index in [1.54, 1.807) is 18.2 Å². The van der Waals surface area contributed by atoms with E-state index in [1.165, 1.54) is 18.2 Å². The average Bonchev–Trinajstić information content (AvgIpc) is 2.59. The van der Waals surface area contributed by atoms with E-state index in [0.717, 1.165) is 0 Å². The largest absolute Gasteiger partial charge is 0.507 e. The van der Waals surface area contributed by atoms with Gasteiger partial charge in [-0.2, -0.15) is 8.42 Å². The quantitative estimate of drug-likeness (QED) is 0.500. The van der Waals surface area contributed by atoms with Crippen molar-refractivity contribution < 1.29 is 32.4 Å². The Labute approximate surface area is 150 Å². The van der Waals surface area contributed by atoms with Crippen LogP contribution in [0.15, 0.2) is 36.4 Å². The Morgan fingerprint density at radius 2 is 1.50 bits per heavy atom. The summed E-state index contributed by atoms with van der Waals surface area (Å²) in [5.41, 5.74) is 0.380. The van der Waals surface area contributed by atoms with Gasteiger partial charge in [-0.3, -0.25) is 14.1 Å². The molecule has 0 saturated carbocycles. The van der Waals surface area contributed by atoms with Crippen LogP contribution in [0.5, 0.6) is 11.5 Å². The molecule has 1 aliphatic carbocycles. The van der Waals surface area contributed by atoms with Gasteiger partial charge in [-0.15, -0.1) is 0 Å². The molecule has 136 valence electrons. The molecule has 7 nitrogen and oxygen atoms in total. The van der Waals surface area contributed by atoms with Gasteiger partial charge in [0.25, 0.3) is 10.1 Å². The lowest BCUT2D eigenvalue weighted by Crippen LogP contribution is -2.22. The van der Waals surface area contributed by atoms with Crippen molar-refractivity contribution in [1.82, 2.24) is 0 Å². The van der Waals surface area contributed by atoms with Gasteiger partial charge in [0, 0.05) is 11.1 Å². The first-order valence-electron chi connectivity index (χ1n) is 7.92. The zero-order valence-electron chi connectivity index (χ0n) is 13.6. The highest BCUT2D eigenvalue weighted by atomic mass is 32.2. The van der Waals surface area contributed by atoms with Crippen LogP contribution in [-0.4, -0.2) is 42.0 Å². The topological polar surface area (TPSA) is 118 Å². The van der Waals surface area contributed by atoms with Crippen LogP contribution in [0.1, 0.15) is 44.7 Å². The van der Waals surface area contributed by atoms with Crippen LogP contribution in [0.25, 0.3) is 0 Å². The van der Waals surface area contributed by atoms with Gasteiger partial charge in [-0.25, -0.2) is 0 Å². The first-order valence-corrected chi connectivity index (χ1v) is 9.53. The summed E-state index contributed by atoms with van der Waals surface area (Å²) in [5.74, 6) is -1.40. The molecule has 2 N–H and O–H groups in total. The standard InChI is InChI=1S/C18H16O7S/c19-13-7-8-14(25-9-3-4-10-26(22,23)24)16-15(13)17(20)11-5-1-2-6-12(11)18(16)21/h1-2,5-8,19H,3-4,9-10H2,(H,22,23,24). The number of rotatable bonds is 6. The molecule has 2 aromatic rings. The fourth-order valence-corrected chi connectivity index (χ4v) is 3.43. The summed E-state index contributed by atoms with van der Waals surface area (Å²) in [6.07, 6.45) is 0.517. The second-order valence-electron chi connectivity index (χ2n) is 5.88. The van der Waals surface area contributed by atoms with Crippen molar-refractivity contribution in [3.05, 3.63) is 58.7 Å². The van der Waals surface area contributed by atoms with Gasteiger partial charge in [0.1, 0.15) is 11.5 Å². The maximum Gasteiger partial charge on any atom is 0.264 e. The first-order chi connectivity index (χ1) is 12.3. The monoisotopic (exact) mass is 376 g/mol. The lowest BCUT2D eigenvalue weighted by molar-refractivity contribution is 0.0973. The van der Waals surface area contributed by atoms with Gasteiger partial charge in [0.2, 0.25) is 0 Å². The Morgan fingerprint density at radius 1 is 0.885 bits per heavy atom. The van der Waals surface area contributed by atoms with E-state index in [-0.39, 0.29) is 52.5 Å². The van der Waals surface area contributed by atoms with Crippen LogP contribution >= 0.6 is 0 Å². The summed E-state index contributed by atoms with van der Waals surface area (Å²) in [7, 11) is -4.03. The summed E-state index contributed by atoms with van der Waals surface area (Å²) < 4.78 is 35.6. The van der Waals surface area contributed by atoms with E-state index in [2.05, 4.69) is 0 Å². The fraction of sp³-hybridized carbons (Fsp3) is 0.222. The summed E-state index contributed by atoms with van der Waals surface area (Å²) in [6, 6.07) is 9.04. The van der Waals surface area contributed by atoms with E-state index < -0.39 is 21.7 Å². The number of benzene rings is 2. The predicted molar refractivity (Wildman–Crippen MR) is 92.6 cm³/mol. The number of carbonyl (C=O) groups is 2. The van der Waals surface area contributed by atoms with Crippen LogP contribution in [-0.2, 0) is 10.1 Å². The Kier molecular flexibility index (Phi) is 4.80. The highest BCUT2D eigenvalue weighted by Crippen LogP contribution is 2.38. The number of ether oxygens (including phenoxy) is 1. The number of ketones is 2. The highest BCUT2D eigenvalue weighted by Gasteiger charge is 2.34. The molecule has 3 rings (SSSR count). The Morgan fingerprint density at radius 3 is 2.12 bits per heavy atom. The molecule has 0 spiro atoms. The third kappa shape index (κ3) is 3.47. The summed E-state index contributed by atoms with van der Waals surface area (Å²) in [4.78, 5) is 25.4. The predicted octanol–water partition coefficient (Wildman–Crippen LogP) is 2.21. The average molecular weight is 376 g/mol. The van der Waals surface area contributed by atoms with Crippen LogP contribution in [0.3, 0.4) is 0 Å². The lowest BCUT2D eigenvalue weighted by Gasteiger charge is -2.21.